The van der Waals surface area contributed by atoms with Crippen LogP contribution < -0.4 is 10.6 Å². The molecule has 0 saturated heterocycles. The third-order valence-corrected chi connectivity index (χ3v) is 21.8. The van der Waals surface area contributed by atoms with Gasteiger partial charge in [0.05, 0.1) is 17.6 Å². The second kappa shape index (κ2) is 41.2. The number of rotatable bonds is 15. The van der Waals surface area contributed by atoms with Crippen LogP contribution in [-0.2, 0) is 34.1 Å². The minimum absolute atomic E-state index is 0. The Hall–Kier alpha value is -1.93. The molecule has 81 heavy (non-hydrogen) atoms. The quantitative estimate of drug-likeness (QED) is 0.0750. The first-order valence-corrected chi connectivity index (χ1v) is 34.1. The summed E-state index contributed by atoms with van der Waals surface area (Å²) in [6, 6.07) is 68.2. The standard InChI is InChI=1S/C21H28NP.3C14H21N.C8H11P.CH4.2Fe.Np/c1-22(2)21(17-11-6-4-7-12-17)19-15-10-16-20(19)23(3)18-13-8-5-9-14-18;3*1-15(2)14(13-10-6-7-11-13)12-8-4-3-5-9-12;1-9(2)8-6-4-3-5-7-8;;;;/h4-9,11-14,19-21H,10,15-16H2,1-3H3;3*3-5,8-9,13-14H,6-7,10-11H2,1-2H3;3-7H,1-2H3;1H4;;;/p+1/t19?,20?,21-,23?;3*14-;;;;;/m1111...../s1. The topological polar surface area (TPSA) is 13.0 Å². The van der Waals surface area contributed by atoms with E-state index in [1.165, 1.54) is 124 Å². The fraction of sp³-hybridized carbons (Fsp3) is 0.500. The van der Waals surface area contributed by atoms with Gasteiger partial charge in [-0.05, 0) is 185 Å². The largest absolute Gasteiger partial charge is 0.302 e. The Labute approximate surface area is 543 Å². The van der Waals surface area contributed by atoms with Crippen molar-refractivity contribution in [2.24, 2.45) is 23.7 Å². The summed E-state index contributed by atoms with van der Waals surface area (Å²) in [4.78, 5) is 9.58. The summed E-state index contributed by atoms with van der Waals surface area (Å²) in [5, 5.41) is 3.08. The monoisotopic (exact) mass is 1440 g/mol. The molecule has 7 atom stereocenters. The molecule has 10 rings (SSSR count). The van der Waals surface area contributed by atoms with Crippen molar-refractivity contribution in [2.75, 3.05) is 76.4 Å². The van der Waals surface area contributed by atoms with E-state index in [0.29, 0.717) is 24.2 Å². The molecule has 4 fully saturated rings. The SMILES string of the molecule is C.CN(C)[C@H](c1ccccc1)C1CCCC1.CN(C)[C@H](c1ccccc1)C1CCCC1.CN(C)[C@H](c1ccccc1)C1CCCC1.CN(C)[C@H](c1ccccc1)C1CCCC1[PH+](C)c1ccccc1.CP(C)c1ccccc1.[Fe].[Fe].[Np]. The zero-order valence-electron chi connectivity index (χ0n) is 51.0. The van der Waals surface area contributed by atoms with Gasteiger partial charge in [-0.2, -0.15) is 0 Å². The molecule has 0 heterocycles. The molecule has 4 saturated carbocycles. The summed E-state index contributed by atoms with van der Waals surface area (Å²) in [7, 11) is 17.3. The van der Waals surface area contributed by atoms with Crippen molar-refractivity contribution in [1.82, 2.24) is 19.6 Å². The van der Waals surface area contributed by atoms with Crippen molar-refractivity contribution < 1.29 is 64.1 Å². The van der Waals surface area contributed by atoms with E-state index in [1.54, 1.807) is 5.30 Å². The third kappa shape index (κ3) is 24.0. The molecule has 6 aromatic carbocycles. The van der Waals surface area contributed by atoms with Crippen molar-refractivity contribution in [2.45, 2.75) is 134 Å². The fourth-order valence-corrected chi connectivity index (χ4v) is 17.4. The van der Waals surface area contributed by atoms with E-state index >= 15 is 0 Å². The smallest absolute Gasteiger partial charge is 0.0914 e. The second-order valence-electron chi connectivity index (χ2n) is 23.9. The Balaban J connectivity index is 0.000000351. The maximum atomic E-state index is 2.53. The van der Waals surface area contributed by atoms with Crippen LogP contribution in [0.3, 0.4) is 0 Å². The van der Waals surface area contributed by atoms with Crippen LogP contribution in [0.25, 0.3) is 0 Å². The Morgan fingerprint density at radius 2 is 0.617 bits per heavy atom. The Morgan fingerprint density at radius 3 is 0.877 bits per heavy atom. The van der Waals surface area contributed by atoms with Gasteiger partial charge in [-0.25, -0.2) is 0 Å². The van der Waals surface area contributed by atoms with Gasteiger partial charge in [-0.15, -0.1) is 0 Å². The molecule has 3 unspecified atom stereocenters. The molecule has 0 aliphatic heterocycles. The van der Waals surface area contributed by atoms with Gasteiger partial charge < -0.3 is 19.6 Å². The van der Waals surface area contributed by atoms with E-state index in [1.807, 2.05) is 0 Å². The molecule has 0 amide bonds. The van der Waals surface area contributed by atoms with Crippen LogP contribution in [0.1, 0.15) is 150 Å². The molecular weight excluding hydrogens is 1330 g/mol. The normalized spacial score (nSPS) is 18.8. The van der Waals surface area contributed by atoms with Crippen molar-refractivity contribution in [3.05, 3.63) is 204 Å². The summed E-state index contributed by atoms with van der Waals surface area (Å²) in [5.41, 5.74) is 6.80. The minimum atomic E-state index is -0.504. The zero-order valence-corrected chi connectivity index (χ0v) is 58.8. The second-order valence-corrected chi connectivity index (χ2v) is 28.9. The first-order chi connectivity index (χ1) is 37.3. The average Bonchev–Trinajstić information content (AvgIpc) is 4.36. The Morgan fingerprint density at radius 1 is 0.358 bits per heavy atom. The van der Waals surface area contributed by atoms with Gasteiger partial charge >= 0.3 is 0 Å². The number of hydrogen-bond acceptors (Lipinski definition) is 4. The van der Waals surface area contributed by atoms with Crippen LogP contribution in [0.5, 0.6) is 0 Å². The summed E-state index contributed by atoms with van der Waals surface area (Å²) in [6.45, 7) is 7.07. The van der Waals surface area contributed by atoms with Crippen LogP contribution in [0.15, 0.2) is 182 Å². The van der Waals surface area contributed by atoms with E-state index in [0.717, 1.165) is 29.3 Å². The van der Waals surface area contributed by atoms with Gasteiger partial charge in [0, 0.05) is 102 Å². The van der Waals surface area contributed by atoms with E-state index in [4.69, 9.17) is 0 Å². The van der Waals surface area contributed by atoms with Gasteiger partial charge in [-0.3, -0.25) is 0 Å². The molecule has 4 aliphatic rings. The first-order valence-electron chi connectivity index (χ1n) is 29.8. The van der Waals surface area contributed by atoms with Gasteiger partial charge in [0.25, 0.3) is 0 Å². The molecule has 9 heteroatoms. The average molecular weight is 1440 g/mol. The summed E-state index contributed by atoms with van der Waals surface area (Å²) in [5.74, 6) is 3.37. The molecule has 445 valence electrons. The Bertz CT molecular complexity index is 2270. The zero-order chi connectivity index (χ0) is 54.9. The molecule has 0 spiro atoms. The number of hydrogen-bond donors (Lipinski definition) is 0. The van der Waals surface area contributed by atoms with E-state index in [-0.39, 0.29) is 79.4 Å². The van der Waals surface area contributed by atoms with Crippen LogP contribution in [0, 0.1) is 53.6 Å². The van der Waals surface area contributed by atoms with Crippen LogP contribution in [0.4, 0.5) is 0 Å². The van der Waals surface area contributed by atoms with Crippen LogP contribution in [-0.4, -0.2) is 102 Å². The van der Waals surface area contributed by atoms with Crippen molar-refractivity contribution in [1.29, 1.82) is 0 Å². The predicted molar refractivity (Wildman–Crippen MR) is 350 cm³/mol. The van der Waals surface area contributed by atoms with Gasteiger partial charge in [0.15, 0.2) is 0 Å². The molecule has 1 radical (unpaired) electrons. The summed E-state index contributed by atoms with van der Waals surface area (Å²) >= 11 is 0. The number of benzene rings is 6. The molecule has 0 N–H and O–H groups in total. The van der Waals surface area contributed by atoms with Gasteiger partial charge in [-0.1, -0.05) is 224 Å². The minimum Gasteiger partial charge on any atom is -0.302 e. The van der Waals surface area contributed by atoms with Crippen molar-refractivity contribution in [3.63, 3.8) is 0 Å². The summed E-state index contributed by atoms with van der Waals surface area (Å²) < 4.78 is 0. The van der Waals surface area contributed by atoms with Crippen LogP contribution in [0.2, 0.25) is 0 Å². The fourth-order valence-electron chi connectivity index (χ4n) is 13.9. The molecule has 0 aromatic heterocycles. The van der Waals surface area contributed by atoms with Gasteiger partial charge in [0.1, 0.15) is 0 Å². The van der Waals surface area contributed by atoms with E-state index < -0.39 is 7.92 Å². The van der Waals surface area contributed by atoms with Crippen molar-refractivity contribution in [3.8, 4) is 0 Å². The molecule has 4 nitrogen and oxygen atoms in total. The van der Waals surface area contributed by atoms with Gasteiger partial charge in [0.2, 0.25) is 0 Å². The maximum absolute atomic E-state index is 2.53. The molecule has 4 aliphatic carbocycles. The first kappa shape index (κ1) is 75.2. The van der Waals surface area contributed by atoms with E-state index in [2.05, 4.69) is 278 Å². The number of nitrogens with zero attached hydrogens (tertiary/aromatic N) is 4. The predicted octanol–water partition coefficient (Wildman–Crippen LogP) is 17.8. The molecular formula is C72H107Fe2N4NpP2+. The van der Waals surface area contributed by atoms with Crippen molar-refractivity contribution >= 4 is 26.5 Å². The Kier molecular flexibility index (Phi) is 38.3. The third-order valence-electron chi connectivity index (χ3n) is 17.4. The maximum Gasteiger partial charge on any atom is 0.0914 e. The summed E-state index contributed by atoms with van der Waals surface area (Å²) in [6.07, 6.45) is 21.1. The molecule has 0 bridgehead atoms. The van der Waals surface area contributed by atoms with E-state index in [9.17, 15) is 0 Å². The van der Waals surface area contributed by atoms with Crippen LogP contribution >= 0.6 is 15.8 Å². The molecule has 6 aromatic rings.